The molecule has 2 atom stereocenters. The van der Waals surface area contributed by atoms with Gasteiger partial charge < -0.3 is 15.4 Å². The molecule has 0 aliphatic heterocycles. The summed E-state index contributed by atoms with van der Waals surface area (Å²) in [6, 6.07) is 5.90. The minimum atomic E-state index is -0.860. The first kappa shape index (κ1) is 21.9. The summed E-state index contributed by atoms with van der Waals surface area (Å²) in [5.41, 5.74) is 1.49. The second-order valence-corrected chi connectivity index (χ2v) is 6.98. The van der Waals surface area contributed by atoms with Crippen molar-refractivity contribution < 1.29 is 19.1 Å². The first-order valence-corrected chi connectivity index (χ1v) is 9.04. The smallest absolute Gasteiger partial charge is 0.328 e. The number of esters is 1. The van der Waals surface area contributed by atoms with E-state index in [1.54, 1.807) is 0 Å². The van der Waals surface area contributed by atoms with Crippen LogP contribution in [0.2, 0.25) is 0 Å². The monoisotopic (exact) mass is 470 g/mol. The molecule has 7 heteroatoms. The molecule has 1 aromatic rings. The van der Waals surface area contributed by atoms with Crippen molar-refractivity contribution in [2.75, 3.05) is 7.11 Å². The van der Waals surface area contributed by atoms with E-state index in [-0.39, 0.29) is 18.7 Å². The van der Waals surface area contributed by atoms with Crippen molar-refractivity contribution in [2.24, 2.45) is 0 Å². The zero-order valence-electron chi connectivity index (χ0n) is 14.9. The van der Waals surface area contributed by atoms with E-state index in [4.69, 9.17) is 4.74 Å². The van der Waals surface area contributed by atoms with Crippen LogP contribution in [0.25, 0.3) is 0 Å². The van der Waals surface area contributed by atoms with Crippen LogP contribution in [-0.4, -0.2) is 37.0 Å². The molecule has 1 rings (SSSR count). The van der Waals surface area contributed by atoms with E-state index in [1.165, 1.54) is 20.1 Å². The lowest BCUT2D eigenvalue weighted by Gasteiger charge is -2.22. The lowest BCUT2D eigenvalue weighted by Crippen LogP contribution is -2.52. The summed E-state index contributed by atoms with van der Waals surface area (Å²) in [4.78, 5) is 36.1. The Kier molecular flexibility index (Phi) is 9.04. The maximum absolute atomic E-state index is 12.6. The molecule has 0 spiro atoms. The molecule has 6 nitrogen and oxygen atoms in total. The second-order valence-electron chi connectivity index (χ2n) is 5.73. The summed E-state index contributed by atoms with van der Waals surface area (Å²) in [6.07, 6.45) is 2.00. The number of hydrogen-bond acceptors (Lipinski definition) is 4. The van der Waals surface area contributed by atoms with Gasteiger partial charge in [0.15, 0.2) is 0 Å². The summed E-state index contributed by atoms with van der Waals surface area (Å²) in [5, 5.41) is 5.23. The fourth-order valence-electron chi connectivity index (χ4n) is 2.26. The quantitative estimate of drug-likeness (QED) is 0.329. The van der Waals surface area contributed by atoms with Gasteiger partial charge in [-0.05, 0) is 40.3 Å². The fourth-order valence-corrected chi connectivity index (χ4v) is 2.62. The van der Waals surface area contributed by atoms with E-state index in [9.17, 15) is 14.4 Å². The molecular weight excluding hydrogens is 447 g/mol. The van der Waals surface area contributed by atoms with Gasteiger partial charge in [0.25, 0.3) is 0 Å². The zero-order valence-corrected chi connectivity index (χ0v) is 17.0. The van der Waals surface area contributed by atoms with Gasteiger partial charge in [-0.25, -0.2) is 4.79 Å². The predicted octanol–water partition coefficient (Wildman–Crippen LogP) is 2.13. The Morgan fingerprint density at radius 2 is 1.81 bits per heavy atom. The summed E-state index contributed by atoms with van der Waals surface area (Å²) < 4.78 is 5.86. The van der Waals surface area contributed by atoms with Gasteiger partial charge in [0.1, 0.15) is 12.1 Å². The number of carbonyl (C=O) groups excluding carboxylic acids is 3. The number of hydrogen-bond donors (Lipinski definition) is 2. The molecule has 0 aliphatic carbocycles. The average Bonchev–Trinajstić information content (AvgIpc) is 2.61. The van der Waals surface area contributed by atoms with Crippen molar-refractivity contribution >= 4 is 40.4 Å². The van der Waals surface area contributed by atoms with Crippen molar-refractivity contribution in [1.29, 1.82) is 0 Å². The number of nitrogens with one attached hydrogen (secondary N) is 2. The number of halogens is 1. The van der Waals surface area contributed by atoms with Crippen molar-refractivity contribution in [3.63, 3.8) is 0 Å². The maximum atomic E-state index is 12.6. The van der Waals surface area contributed by atoms with E-state index in [1.807, 2.05) is 24.3 Å². The van der Waals surface area contributed by atoms with Crippen LogP contribution in [0.5, 0.6) is 0 Å². The van der Waals surface area contributed by atoms with E-state index < -0.39 is 24.0 Å². The van der Waals surface area contributed by atoms with Crippen LogP contribution in [0.15, 0.2) is 49.1 Å². The van der Waals surface area contributed by atoms with Gasteiger partial charge in [0, 0.05) is 23.3 Å². The molecule has 0 aromatic heterocycles. The number of amides is 2. The summed E-state index contributed by atoms with van der Waals surface area (Å²) >= 11 is 2.19. The van der Waals surface area contributed by atoms with Gasteiger partial charge >= 0.3 is 5.97 Å². The van der Waals surface area contributed by atoms with Crippen LogP contribution in [0.1, 0.15) is 18.9 Å². The normalized spacial score (nSPS) is 12.4. The second kappa shape index (κ2) is 10.7. The molecule has 0 unspecified atom stereocenters. The van der Waals surface area contributed by atoms with E-state index in [0.29, 0.717) is 5.57 Å². The summed E-state index contributed by atoms with van der Waals surface area (Å²) in [5.74, 6) is -1.39. The van der Waals surface area contributed by atoms with Crippen LogP contribution in [0.4, 0.5) is 0 Å². The number of allylic oxidation sites excluding steroid dienone is 1. The highest BCUT2D eigenvalue weighted by Gasteiger charge is 2.27. The molecule has 26 heavy (non-hydrogen) atoms. The largest absolute Gasteiger partial charge is 0.467 e. The van der Waals surface area contributed by atoms with Crippen molar-refractivity contribution in [2.45, 2.75) is 31.8 Å². The molecule has 0 heterocycles. The molecule has 2 N–H and O–H groups in total. The van der Waals surface area contributed by atoms with Gasteiger partial charge in [-0.1, -0.05) is 36.9 Å². The van der Waals surface area contributed by atoms with Crippen molar-refractivity contribution in [3.8, 4) is 0 Å². The number of ether oxygens (including phenoxy) is 1. The van der Waals surface area contributed by atoms with Crippen LogP contribution in [0, 0.1) is 3.57 Å². The van der Waals surface area contributed by atoms with E-state index in [0.717, 1.165) is 9.13 Å². The van der Waals surface area contributed by atoms with Crippen molar-refractivity contribution in [3.05, 3.63) is 58.2 Å². The lowest BCUT2D eigenvalue weighted by atomic mass is 10.0. The Balaban J connectivity index is 2.91. The maximum Gasteiger partial charge on any atom is 0.328 e. The van der Waals surface area contributed by atoms with Gasteiger partial charge in [-0.3, -0.25) is 9.59 Å². The number of methoxy groups -OCH3 is 1. The van der Waals surface area contributed by atoms with Crippen molar-refractivity contribution in [1.82, 2.24) is 10.6 Å². The summed E-state index contributed by atoms with van der Waals surface area (Å²) in [7, 11) is 1.26. The third-order valence-electron chi connectivity index (χ3n) is 3.60. The fraction of sp³-hybridized carbons (Fsp3) is 0.316. The van der Waals surface area contributed by atoms with Crippen LogP contribution < -0.4 is 10.6 Å². The highest BCUT2D eigenvalue weighted by Crippen LogP contribution is 2.11. The zero-order chi connectivity index (χ0) is 19.7. The topological polar surface area (TPSA) is 84.5 Å². The Hall–Kier alpha value is -2.16. The Labute approximate surface area is 167 Å². The number of benzene rings is 1. The van der Waals surface area contributed by atoms with Gasteiger partial charge in [0.2, 0.25) is 11.8 Å². The highest BCUT2D eigenvalue weighted by molar-refractivity contribution is 14.1. The van der Waals surface area contributed by atoms with Gasteiger partial charge in [-0.15, -0.1) is 0 Å². The predicted molar refractivity (Wildman–Crippen MR) is 108 cm³/mol. The molecule has 0 fully saturated rings. The number of carbonyl (C=O) groups is 3. The average molecular weight is 470 g/mol. The minimum Gasteiger partial charge on any atom is -0.467 e. The Bertz CT molecular complexity index is 685. The highest BCUT2D eigenvalue weighted by atomic mass is 127. The Morgan fingerprint density at radius 3 is 2.31 bits per heavy atom. The standard InChI is InChI=1S/C19H23IN2O4/c1-5-12(2)10-16(21-13(3)23)18(24)22-17(19(25)26-4)11-14-6-8-15(20)9-7-14/h5-9,16-17H,1-2,10-11H2,3-4H3,(H,21,23)(H,22,24)/t16-,17+/m1/s1. The Morgan fingerprint density at radius 1 is 1.19 bits per heavy atom. The third-order valence-corrected chi connectivity index (χ3v) is 4.32. The molecule has 140 valence electrons. The van der Waals surface area contributed by atoms with Crippen LogP contribution in [0.3, 0.4) is 0 Å². The van der Waals surface area contributed by atoms with Crippen LogP contribution in [-0.2, 0) is 25.5 Å². The SMILES string of the molecule is C=CC(=C)C[C@@H](NC(C)=O)C(=O)N[C@@H](Cc1ccc(I)cc1)C(=O)OC. The molecule has 0 aliphatic rings. The molecule has 0 radical (unpaired) electrons. The third kappa shape index (κ3) is 7.38. The number of rotatable bonds is 9. The molecule has 0 bridgehead atoms. The first-order chi connectivity index (χ1) is 12.3. The van der Waals surface area contributed by atoms with Gasteiger partial charge in [-0.2, -0.15) is 0 Å². The van der Waals surface area contributed by atoms with E-state index in [2.05, 4.69) is 46.4 Å². The van der Waals surface area contributed by atoms with Crippen LogP contribution >= 0.6 is 22.6 Å². The summed E-state index contributed by atoms with van der Waals surface area (Å²) in [6.45, 7) is 8.69. The molecule has 0 saturated carbocycles. The lowest BCUT2D eigenvalue weighted by molar-refractivity contribution is -0.145. The molecular formula is C19H23IN2O4. The molecule has 0 saturated heterocycles. The first-order valence-electron chi connectivity index (χ1n) is 7.96. The van der Waals surface area contributed by atoms with Gasteiger partial charge in [0.05, 0.1) is 7.11 Å². The van der Waals surface area contributed by atoms with E-state index >= 15 is 0 Å². The molecule has 1 aromatic carbocycles. The molecule has 2 amide bonds. The minimum absolute atomic E-state index is 0.201.